The SMILES string of the molecule is CC(C)(C)OC(=O)N1CCC2CN(C(=O)OC3C4CC5C[C@H]3C[C@@](C(N)=O)(C5)C4)CC21. The molecular formula is C23H35N3O5. The number of amides is 3. The largest absolute Gasteiger partial charge is 0.446 e. The van der Waals surface area contributed by atoms with E-state index < -0.39 is 5.60 Å². The first-order valence-corrected chi connectivity index (χ1v) is 11.8. The highest BCUT2D eigenvalue weighted by molar-refractivity contribution is 5.81. The highest BCUT2D eigenvalue weighted by Crippen LogP contribution is 2.60. The average Bonchev–Trinajstić information content (AvgIpc) is 3.23. The first kappa shape index (κ1) is 20.9. The van der Waals surface area contributed by atoms with Gasteiger partial charge in [0.15, 0.2) is 0 Å². The summed E-state index contributed by atoms with van der Waals surface area (Å²) in [6.45, 7) is 7.40. The lowest BCUT2D eigenvalue weighted by Crippen LogP contribution is -2.59. The van der Waals surface area contributed by atoms with Crippen LogP contribution in [0.3, 0.4) is 0 Å². The van der Waals surface area contributed by atoms with Crippen LogP contribution in [0.1, 0.15) is 59.3 Å². The fourth-order valence-electron chi connectivity index (χ4n) is 7.32. The third-order valence-electron chi connectivity index (χ3n) is 8.38. The number of fused-ring (bicyclic) bond motifs is 1. The highest BCUT2D eigenvalue weighted by atomic mass is 16.6. The van der Waals surface area contributed by atoms with Crippen LogP contribution in [0.2, 0.25) is 0 Å². The second-order valence-electron chi connectivity index (χ2n) is 11.7. The number of likely N-dealkylation sites (tertiary alicyclic amines) is 2. The standard InChI is InChI=1S/C23H35N3O5/c1-22(2,3)31-21(29)26-5-4-14-11-25(12-17(14)26)20(28)30-18-15-6-13-7-16(18)10-23(8-13,9-15)19(24)27/h13-18H,4-12H2,1-3H3,(H2,24,27)/t13?,14?,15-,16?,17?,18?,23-/m0/s1. The maximum absolute atomic E-state index is 13.1. The van der Waals surface area contributed by atoms with Gasteiger partial charge in [-0.05, 0) is 77.0 Å². The number of rotatable bonds is 2. The third-order valence-corrected chi connectivity index (χ3v) is 8.38. The molecule has 2 N–H and O–H groups in total. The summed E-state index contributed by atoms with van der Waals surface area (Å²) in [5.74, 6) is 1.11. The predicted octanol–water partition coefficient (Wildman–Crippen LogP) is 2.74. The molecular weight excluding hydrogens is 398 g/mol. The van der Waals surface area contributed by atoms with Crippen LogP contribution in [0, 0.1) is 29.1 Å². The van der Waals surface area contributed by atoms with E-state index in [0.717, 1.165) is 38.5 Å². The molecule has 4 aliphatic carbocycles. The van der Waals surface area contributed by atoms with Crippen LogP contribution in [0.15, 0.2) is 0 Å². The second kappa shape index (κ2) is 7.01. The van der Waals surface area contributed by atoms with Gasteiger partial charge in [0.25, 0.3) is 0 Å². The van der Waals surface area contributed by atoms with E-state index in [-0.39, 0.29) is 53.4 Å². The Hall–Kier alpha value is -1.99. The van der Waals surface area contributed by atoms with E-state index in [0.29, 0.717) is 25.6 Å². The Morgan fingerprint density at radius 1 is 0.968 bits per heavy atom. The molecule has 0 aromatic heterocycles. The monoisotopic (exact) mass is 433 g/mol. The van der Waals surface area contributed by atoms with Gasteiger partial charge in [0.05, 0.1) is 11.5 Å². The zero-order chi connectivity index (χ0) is 22.1. The van der Waals surface area contributed by atoms with Crippen molar-refractivity contribution in [2.24, 2.45) is 34.8 Å². The molecule has 0 radical (unpaired) electrons. The van der Waals surface area contributed by atoms with Crippen molar-refractivity contribution in [2.45, 2.75) is 77.0 Å². The van der Waals surface area contributed by atoms with Gasteiger partial charge >= 0.3 is 12.2 Å². The second-order valence-corrected chi connectivity index (χ2v) is 11.7. The topological polar surface area (TPSA) is 102 Å². The molecule has 4 saturated carbocycles. The molecule has 172 valence electrons. The Kier molecular flexibility index (Phi) is 4.72. The van der Waals surface area contributed by atoms with Gasteiger partial charge in [-0.2, -0.15) is 0 Å². The van der Waals surface area contributed by atoms with Crippen molar-refractivity contribution >= 4 is 18.1 Å². The molecule has 31 heavy (non-hydrogen) atoms. The summed E-state index contributed by atoms with van der Waals surface area (Å²) >= 11 is 0. The zero-order valence-electron chi connectivity index (χ0n) is 18.8. The van der Waals surface area contributed by atoms with Crippen LogP contribution in [-0.2, 0) is 14.3 Å². The maximum atomic E-state index is 13.1. The molecule has 4 bridgehead atoms. The normalized spacial score (nSPS) is 40.7. The van der Waals surface area contributed by atoms with E-state index >= 15 is 0 Å². The number of carbonyl (C=O) groups is 3. The van der Waals surface area contributed by atoms with Crippen LogP contribution >= 0.6 is 0 Å². The van der Waals surface area contributed by atoms with Crippen molar-refractivity contribution in [3.8, 4) is 0 Å². The van der Waals surface area contributed by atoms with E-state index in [1.807, 2.05) is 20.8 Å². The van der Waals surface area contributed by atoms with Gasteiger partial charge in [0.2, 0.25) is 5.91 Å². The first-order chi connectivity index (χ1) is 14.5. The molecule has 6 fully saturated rings. The molecule has 6 rings (SSSR count). The molecule has 7 atom stereocenters. The average molecular weight is 434 g/mol. The van der Waals surface area contributed by atoms with Gasteiger partial charge in [0.1, 0.15) is 11.7 Å². The summed E-state index contributed by atoms with van der Waals surface area (Å²) < 4.78 is 11.6. The number of nitrogens with zero attached hydrogens (tertiary/aromatic N) is 2. The van der Waals surface area contributed by atoms with Crippen LogP contribution in [0.25, 0.3) is 0 Å². The van der Waals surface area contributed by atoms with Gasteiger partial charge in [0, 0.05) is 25.6 Å². The molecule has 8 heteroatoms. The van der Waals surface area contributed by atoms with Crippen molar-refractivity contribution in [1.29, 1.82) is 0 Å². The Bertz CT molecular complexity index is 777. The number of hydrogen-bond acceptors (Lipinski definition) is 5. The van der Waals surface area contributed by atoms with E-state index in [4.69, 9.17) is 15.2 Å². The fourth-order valence-corrected chi connectivity index (χ4v) is 7.32. The molecule has 2 saturated heterocycles. The molecule has 5 unspecified atom stereocenters. The smallest absolute Gasteiger partial charge is 0.410 e. The summed E-state index contributed by atoms with van der Waals surface area (Å²) in [5, 5.41) is 0. The molecule has 2 aliphatic heterocycles. The van der Waals surface area contributed by atoms with Crippen molar-refractivity contribution in [1.82, 2.24) is 9.80 Å². The van der Waals surface area contributed by atoms with Gasteiger partial charge in [-0.25, -0.2) is 9.59 Å². The van der Waals surface area contributed by atoms with Crippen molar-refractivity contribution in [3.05, 3.63) is 0 Å². The Labute approximate surface area is 183 Å². The summed E-state index contributed by atoms with van der Waals surface area (Å²) in [6, 6.07) is -0.000897. The molecule has 0 aromatic carbocycles. The van der Waals surface area contributed by atoms with E-state index in [1.165, 1.54) is 0 Å². The molecule has 0 aromatic rings. The minimum Gasteiger partial charge on any atom is -0.446 e. The number of hydrogen-bond donors (Lipinski definition) is 1. The fraction of sp³-hybridized carbons (Fsp3) is 0.870. The molecule has 8 nitrogen and oxygen atoms in total. The molecule has 6 aliphatic rings. The first-order valence-electron chi connectivity index (χ1n) is 11.8. The van der Waals surface area contributed by atoms with Crippen molar-refractivity contribution < 1.29 is 23.9 Å². The van der Waals surface area contributed by atoms with E-state index in [1.54, 1.807) is 9.80 Å². The number of ether oxygens (including phenoxy) is 2. The van der Waals surface area contributed by atoms with Crippen molar-refractivity contribution in [3.63, 3.8) is 0 Å². The van der Waals surface area contributed by atoms with E-state index in [2.05, 4.69) is 0 Å². The summed E-state index contributed by atoms with van der Waals surface area (Å²) in [7, 11) is 0. The lowest BCUT2D eigenvalue weighted by atomic mass is 9.48. The van der Waals surface area contributed by atoms with Crippen LogP contribution in [0.4, 0.5) is 9.59 Å². The molecule has 3 amide bonds. The van der Waals surface area contributed by atoms with Crippen LogP contribution < -0.4 is 5.73 Å². The lowest BCUT2D eigenvalue weighted by molar-refractivity contribution is -0.161. The van der Waals surface area contributed by atoms with Crippen molar-refractivity contribution in [2.75, 3.05) is 19.6 Å². The van der Waals surface area contributed by atoms with E-state index in [9.17, 15) is 14.4 Å². The molecule has 2 heterocycles. The minimum absolute atomic E-state index is 0.000897. The van der Waals surface area contributed by atoms with Gasteiger partial charge < -0.3 is 25.0 Å². The Balaban J connectivity index is 1.21. The van der Waals surface area contributed by atoms with Crippen LogP contribution in [-0.4, -0.2) is 65.3 Å². The zero-order valence-corrected chi connectivity index (χ0v) is 18.8. The van der Waals surface area contributed by atoms with Gasteiger partial charge in [-0.1, -0.05) is 0 Å². The van der Waals surface area contributed by atoms with Crippen LogP contribution in [0.5, 0.6) is 0 Å². The number of primary amides is 1. The Morgan fingerprint density at radius 2 is 1.65 bits per heavy atom. The lowest BCUT2D eigenvalue weighted by Gasteiger charge is -2.58. The molecule has 0 spiro atoms. The predicted molar refractivity (Wildman–Crippen MR) is 112 cm³/mol. The summed E-state index contributed by atoms with van der Waals surface area (Å²) in [4.78, 5) is 41.3. The Morgan fingerprint density at radius 3 is 2.26 bits per heavy atom. The number of nitrogens with two attached hydrogens (primary N) is 1. The maximum Gasteiger partial charge on any atom is 0.410 e. The highest BCUT2D eigenvalue weighted by Gasteiger charge is 2.59. The summed E-state index contributed by atoms with van der Waals surface area (Å²) in [5.41, 5.74) is 4.86. The minimum atomic E-state index is -0.534. The number of carbonyl (C=O) groups excluding carboxylic acids is 3. The van der Waals surface area contributed by atoms with Gasteiger partial charge in [-0.3, -0.25) is 4.79 Å². The quantitative estimate of drug-likeness (QED) is 0.721. The summed E-state index contributed by atoms with van der Waals surface area (Å²) in [6.07, 6.45) is 4.67. The van der Waals surface area contributed by atoms with Gasteiger partial charge in [-0.15, -0.1) is 0 Å². The third kappa shape index (κ3) is 3.55.